The summed E-state index contributed by atoms with van der Waals surface area (Å²) in [5, 5.41) is 2.37. The fourth-order valence-corrected chi connectivity index (χ4v) is 1.33. The van der Waals surface area contributed by atoms with Crippen LogP contribution < -0.4 is 5.32 Å². The molecule has 0 unspecified atom stereocenters. The molecule has 6 heteroatoms. The normalized spacial score (nSPS) is 10.4. The van der Waals surface area contributed by atoms with E-state index < -0.39 is 12.3 Å². The molecule has 0 spiro atoms. The molecule has 0 aliphatic carbocycles. The lowest BCUT2D eigenvalue weighted by molar-refractivity contribution is -0.126. The van der Waals surface area contributed by atoms with Gasteiger partial charge in [-0.15, -0.1) is 0 Å². The van der Waals surface area contributed by atoms with E-state index in [1.807, 2.05) is 5.32 Å². The third kappa shape index (κ3) is 2.65. The number of anilines is 1. The minimum Gasteiger partial charge on any atom is -0.320 e. The van der Waals surface area contributed by atoms with Crippen molar-refractivity contribution in [3.8, 4) is 0 Å². The van der Waals surface area contributed by atoms with Crippen molar-refractivity contribution in [3.63, 3.8) is 0 Å². The molecule has 1 aromatic rings. The van der Waals surface area contributed by atoms with Crippen LogP contribution in [0, 0.1) is 0 Å². The van der Waals surface area contributed by atoms with E-state index in [1.54, 1.807) is 12.1 Å². The first kappa shape index (κ1) is 11.4. The van der Waals surface area contributed by atoms with Crippen molar-refractivity contribution in [2.45, 2.75) is 6.43 Å². The molecule has 14 heavy (non-hydrogen) atoms. The van der Waals surface area contributed by atoms with Crippen molar-refractivity contribution < 1.29 is 13.6 Å². The van der Waals surface area contributed by atoms with Gasteiger partial charge >= 0.3 is 6.43 Å². The average molecular weight is 284 g/mol. The zero-order valence-corrected chi connectivity index (χ0v) is 9.07. The number of hydrogen-bond donors (Lipinski definition) is 1. The smallest absolute Gasteiger partial charge is 0.315 e. The van der Waals surface area contributed by atoms with Crippen molar-refractivity contribution in [1.29, 1.82) is 0 Å². The summed E-state index contributed by atoms with van der Waals surface area (Å²) in [6.45, 7) is 0. The van der Waals surface area contributed by atoms with Gasteiger partial charge in [0.1, 0.15) is 0 Å². The summed E-state index contributed by atoms with van der Waals surface area (Å²) in [6.07, 6.45) is -3.04. The second-order valence-corrected chi connectivity index (χ2v) is 3.59. The number of hydrogen-bond acceptors (Lipinski definition) is 1. The maximum atomic E-state index is 11.9. The van der Waals surface area contributed by atoms with Crippen LogP contribution in [0.1, 0.15) is 0 Å². The van der Waals surface area contributed by atoms with Gasteiger partial charge in [0.15, 0.2) is 0 Å². The van der Waals surface area contributed by atoms with Crippen molar-refractivity contribution in [1.82, 2.24) is 0 Å². The number of rotatable bonds is 2. The van der Waals surface area contributed by atoms with Gasteiger partial charge in [-0.3, -0.25) is 4.79 Å². The fraction of sp³-hybridized carbons (Fsp3) is 0.125. The van der Waals surface area contributed by atoms with E-state index >= 15 is 0 Å². The largest absolute Gasteiger partial charge is 0.320 e. The quantitative estimate of drug-likeness (QED) is 0.887. The lowest BCUT2D eigenvalue weighted by Crippen LogP contribution is -2.20. The Morgan fingerprint density at radius 1 is 1.50 bits per heavy atom. The van der Waals surface area contributed by atoms with Crippen LogP contribution >= 0.6 is 27.5 Å². The maximum Gasteiger partial charge on any atom is 0.315 e. The maximum absolute atomic E-state index is 11.9. The highest BCUT2D eigenvalue weighted by Gasteiger charge is 2.16. The Kier molecular flexibility index (Phi) is 3.83. The van der Waals surface area contributed by atoms with E-state index in [-0.39, 0.29) is 5.69 Å². The number of carbonyl (C=O) groups is 1. The molecule has 0 saturated carbocycles. The van der Waals surface area contributed by atoms with Crippen LogP contribution in [0.5, 0.6) is 0 Å². The Bertz CT molecular complexity index is 359. The molecule has 0 aliphatic rings. The predicted molar refractivity (Wildman–Crippen MR) is 53.8 cm³/mol. The Hall–Kier alpha value is -0.680. The van der Waals surface area contributed by atoms with Crippen molar-refractivity contribution in [2.24, 2.45) is 0 Å². The standard InChI is InChI=1S/C8H5BrClF2NO/c9-6-4(10)2-1-3-5(6)13-8(14)7(11)12/h1-3,7H,(H,13,14). The molecular formula is C8H5BrClF2NO. The summed E-state index contributed by atoms with van der Waals surface area (Å²) >= 11 is 8.76. The number of alkyl halides is 2. The second-order valence-electron chi connectivity index (χ2n) is 2.39. The minimum atomic E-state index is -3.04. The SMILES string of the molecule is O=C(Nc1cccc(Cl)c1Br)C(F)F. The molecule has 0 saturated heterocycles. The van der Waals surface area contributed by atoms with E-state index in [0.717, 1.165) is 0 Å². The number of halogens is 4. The van der Waals surface area contributed by atoms with Gasteiger partial charge < -0.3 is 5.32 Å². The molecule has 2 nitrogen and oxygen atoms in total. The Labute approximate surface area is 92.4 Å². The molecule has 1 N–H and O–H groups in total. The molecule has 0 atom stereocenters. The number of carbonyl (C=O) groups excluding carboxylic acids is 1. The van der Waals surface area contributed by atoms with Crippen LogP contribution in [0.15, 0.2) is 22.7 Å². The monoisotopic (exact) mass is 283 g/mol. The molecule has 0 aliphatic heterocycles. The zero-order valence-electron chi connectivity index (χ0n) is 6.73. The van der Waals surface area contributed by atoms with E-state index in [9.17, 15) is 13.6 Å². The first-order valence-electron chi connectivity index (χ1n) is 3.55. The summed E-state index contributed by atoms with van der Waals surface area (Å²) in [6, 6.07) is 4.59. The molecule has 76 valence electrons. The molecule has 0 bridgehead atoms. The molecule has 1 rings (SSSR count). The molecule has 0 aromatic heterocycles. The first-order valence-corrected chi connectivity index (χ1v) is 4.72. The lowest BCUT2D eigenvalue weighted by atomic mass is 10.3. The summed E-state index contributed by atoms with van der Waals surface area (Å²) < 4.78 is 24.2. The molecule has 1 amide bonds. The number of benzene rings is 1. The Morgan fingerprint density at radius 3 is 2.71 bits per heavy atom. The second kappa shape index (κ2) is 4.70. The third-order valence-electron chi connectivity index (χ3n) is 1.41. The highest BCUT2D eigenvalue weighted by atomic mass is 79.9. The molecule has 0 heterocycles. The van der Waals surface area contributed by atoms with Crippen molar-refractivity contribution in [2.75, 3.05) is 5.32 Å². The van der Waals surface area contributed by atoms with Crippen LogP contribution in [-0.4, -0.2) is 12.3 Å². The highest BCUT2D eigenvalue weighted by Crippen LogP contribution is 2.30. The van der Waals surface area contributed by atoms with Gasteiger partial charge in [0.05, 0.1) is 15.2 Å². The van der Waals surface area contributed by atoms with Gasteiger partial charge in [-0.05, 0) is 28.1 Å². The van der Waals surface area contributed by atoms with Gasteiger partial charge in [0.2, 0.25) is 0 Å². The fourth-order valence-electron chi connectivity index (χ4n) is 0.788. The van der Waals surface area contributed by atoms with Crippen LogP contribution in [0.25, 0.3) is 0 Å². The van der Waals surface area contributed by atoms with E-state index in [4.69, 9.17) is 11.6 Å². The Balaban J connectivity index is 2.87. The van der Waals surface area contributed by atoms with E-state index in [2.05, 4.69) is 15.9 Å². The van der Waals surface area contributed by atoms with Crippen molar-refractivity contribution in [3.05, 3.63) is 27.7 Å². The molecule has 1 aromatic carbocycles. The van der Waals surface area contributed by atoms with Crippen LogP contribution in [0.3, 0.4) is 0 Å². The summed E-state index contributed by atoms with van der Waals surface area (Å²) in [7, 11) is 0. The highest BCUT2D eigenvalue weighted by molar-refractivity contribution is 9.10. The van der Waals surface area contributed by atoms with Gasteiger partial charge in [0.25, 0.3) is 5.91 Å². The molecule has 0 fully saturated rings. The topological polar surface area (TPSA) is 29.1 Å². The zero-order chi connectivity index (χ0) is 10.7. The van der Waals surface area contributed by atoms with Crippen LogP contribution in [-0.2, 0) is 4.79 Å². The lowest BCUT2D eigenvalue weighted by Gasteiger charge is -2.07. The van der Waals surface area contributed by atoms with Gasteiger partial charge in [-0.25, -0.2) is 0 Å². The number of nitrogens with one attached hydrogen (secondary N) is 1. The van der Waals surface area contributed by atoms with E-state index in [0.29, 0.717) is 9.50 Å². The first-order chi connectivity index (χ1) is 6.52. The summed E-state index contributed by atoms with van der Waals surface area (Å²) in [5.74, 6) is -1.35. The van der Waals surface area contributed by atoms with Crippen LogP contribution in [0.2, 0.25) is 5.02 Å². The summed E-state index contributed by atoms with van der Waals surface area (Å²) in [5.41, 5.74) is 0.225. The Morgan fingerprint density at radius 2 is 2.14 bits per heavy atom. The number of amides is 1. The third-order valence-corrected chi connectivity index (χ3v) is 2.81. The predicted octanol–water partition coefficient (Wildman–Crippen LogP) is 3.31. The van der Waals surface area contributed by atoms with Crippen LogP contribution in [0.4, 0.5) is 14.5 Å². The minimum absolute atomic E-state index is 0.225. The average Bonchev–Trinajstić information content (AvgIpc) is 2.12. The summed E-state index contributed by atoms with van der Waals surface area (Å²) in [4.78, 5) is 10.7. The van der Waals surface area contributed by atoms with Gasteiger partial charge in [0, 0.05) is 0 Å². The van der Waals surface area contributed by atoms with E-state index in [1.165, 1.54) is 6.07 Å². The van der Waals surface area contributed by atoms with Gasteiger partial charge in [-0.1, -0.05) is 17.7 Å². The molecule has 0 radical (unpaired) electrons. The van der Waals surface area contributed by atoms with Gasteiger partial charge in [-0.2, -0.15) is 8.78 Å². The molecular weight excluding hydrogens is 279 g/mol. The van der Waals surface area contributed by atoms with Crippen molar-refractivity contribution >= 4 is 39.1 Å².